The summed E-state index contributed by atoms with van der Waals surface area (Å²) in [7, 11) is 1.64. The van der Waals surface area contributed by atoms with Crippen molar-refractivity contribution in [3.05, 3.63) is 54.0 Å². The number of rotatable bonds is 7. The summed E-state index contributed by atoms with van der Waals surface area (Å²) in [4.78, 5) is 11.9. The molecule has 0 radical (unpaired) electrons. The fourth-order valence-corrected chi connectivity index (χ4v) is 2.21. The minimum atomic E-state index is 0.0711. The number of ether oxygens (including phenoxy) is 1. The average molecular weight is 287 g/mol. The number of aryl methyl sites for hydroxylation is 1. The van der Waals surface area contributed by atoms with Gasteiger partial charge in [-0.3, -0.25) is 4.79 Å². The van der Waals surface area contributed by atoms with E-state index in [0.29, 0.717) is 6.42 Å². The van der Waals surface area contributed by atoms with Gasteiger partial charge in [-0.2, -0.15) is 0 Å². The van der Waals surface area contributed by atoms with Crippen LogP contribution in [0.2, 0.25) is 0 Å². The largest absolute Gasteiger partial charge is 0.497 e. The van der Waals surface area contributed by atoms with Gasteiger partial charge < -0.3 is 14.5 Å². The van der Waals surface area contributed by atoms with Crippen LogP contribution in [0.4, 0.5) is 0 Å². The number of methoxy groups -OCH3 is 1. The summed E-state index contributed by atoms with van der Waals surface area (Å²) in [5.74, 6) is 0.902. The Balaban J connectivity index is 1.73. The molecular formula is C17H21NO3. The fraction of sp³-hybridized carbons (Fsp3) is 0.353. The SMILES string of the molecule is COc1ccc(CCC(=O)NC(C)Cc2ccoc2)cc1. The molecule has 1 aromatic carbocycles. The molecule has 4 heteroatoms. The summed E-state index contributed by atoms with van der Waals surface area (Å²) in [6, 6.07) is 9.82. The third-order valence-corrected chi connectivity index (χ3v) is 3.33. The second-order valence-corrected chi connectivity index (χ2v) is 5.15. The van der Waals surface area contributed by atoms with Gasteiger partial charge in [0.25, 0.3) is 0 Å². The zero-order valence-electron chi connectivity index (χ0n) is 12.5. The zero-order chi connectivity index (χ0) is 15.1. The van der Waals surface area contributed by atoms with Crippen LogP contribution in [0.15, 0.2) is 47.3 Å². The topological polar surface area (TPSA) is 51.5 Å². The van der Waals surface area contributed by atoms with Crippen molar-refractivity contribution in [3.8, 4) is 5.75 Å². The van der Waals surface area contributed by atoms with Gasteiger partial charge in [-0.1, -0.05) is 12.1 Å². The molecule has 0 spiro atoms. The second-order valence-electron chi connectivity index (χ2n) is 5.15. The van der Waals surface area contributed by atoms with E-state index in [9.17, 15) is 4.79 Å². The van der Waals surface area contributed by atoms with Crippen molar-refractivity contribution in [2.24, 2.45) is 0 Å². The van der Waals surface area contributed by atoms with Crippen molar-refractivity contribution in [1.29, 1.82) is 0 Å². The van der Waals surface area contributed by atoms with Crippen molar-refractivity contribution in [1.82, 2.24) is 5.32 Å². The Morgan fingerprint density at radius 2 is 2.00 bits per heavy atom. The highest BCUT2D eigenvalue weighted by atomic mass is 16.5. The lowest BCUT2D eigenvalue weighted by atomic mass is 10.1. The molecule has 1 aromatic heterocycles. The Morgan fingerprint density at radius 3 is 2.62 bits per heavy atom. The molecule has 2 aromatic rings. The van der Waals surface area contributed by atoms with Crippen molar-refractivity contribution in [3.63, 3.8) is 0 Å². The van der Waals surface area contributed by atoms with Crippen LogP contribution < -0.4 is 10.1 Å². The molecule has 0 fully saturated rings. The van der Waals surface area contributed by atoms with Crippen LogP contribution in [0.1, 0.15) is 24.5 Å². The summed E-state index contributed by atoms with van der Waals surface area (Å²) in [5, 5.41) is 3.01. The van der Waals surface area contributed by atoms with E-state index in [0.717, 1.165) is 29.7 Å². The molecular weight excluding hydrogens is 266 g/mol. The lowest BCUT2D eigenvalue weighted by molar-refractivity contribution is -0.121. The van der Waals surface area contributed by atoms with Gasteiger partial charge >= 0.3 is 0 Å². The van der Waals surface area contributed by atoms with Gasteiger partial charge in [-0.25, -0.2) is 0 Å². The fourth-order valence-electron chi connectivity index (χ4n) is 2.21. The molecule has 1 amide bonds. The molecule has 0 aliphatic rings. The van der Waals surface area contributed by atoms with Crippen molar-refractivity contribution < 1.29 is 13.9 Å². The maximum absolute atomic E-state index is 11.9. The Labute approximate surface area is 125 Å². The molecule has 0 saturated carbocycles. The van der Waals surface area contributed by atoms with Crippen LogP contribution in [-0.2, 0) is 17.6 Å². The minimum absolute atomic E-state index is 0.0711. The smallest absolute Gasteiger partial charge is 0.220 e. The molecule has 0 saturated heterocycles. The normalized spacial score (nSPS) is 11.9. The first-order valence-corrected chi connectivity index (χ1v) is 7.10. The average Bonchev–Trinajstić information content (AvgIpc) is 2.98. The molecule has 1 heterocycles. The molecule has 21 heavy (non-hydrogen) atoms. The second kappa shape index (κ2) is 7.53. The lowest BCUT2D eigenvalue weighted by Crippen LogP contribution is -2.34. The Hall–Kier alpha value is -2.23. The number of benzene rings is 1. The van der Waals surface area contributed by atoms with Crippen molar-refractivity contribution >= 4 is 5.91 Å². The Bertz CT molecular complexity index is 546. The van der Waals surface area contributed by atoms with E-state index in [1.807, 2.05) is 37.3 Å². The monoisotopic (exact) mass is 287 g/mol. The van der Waals surface area contributed by atoms with Crippen LogP contribution in [0.25, 0.3) is 0 Å². The predicted octanol–water partition coefficient (Wildman–Crippen LogP) is 2.97. The van der Waals surface area contributed by atoms with Gasteiger partial charge in [-0.15, -0.1) is 0 Å². The van der Waals surface area contributed by atoms with E-state index in [2.05, 4.69) is 5.32 Å². The molecule has 1 unspecified atom stereocenters. The molecule has 0 aliphatic heterocycles. The third kappa shape index (κ3) is 4.99. The summed E-state index contributed by atoms with van der Waals surface area (Å²) in [6.45, 7) is 2.00. The van der Waals surface area contributed by atoms with Crippen molar-refractivity contribution in [2.75, 3.05) is 7.11 Å². The van der Waals surface area contributed by atoms with E-state index < -0.39 is 0 Å². The molecule has 2 rings (SSSR count). The van der Waals surface area contributed by atoms with E-state index in [4.69, 9.17) is 9.15 Å². The van der Waals surface area contributed by atoms with Crippen molar-refractivity contribution in [2.45, 2.75) is 32.2 Å². The number of hydrogen-bond acceptors (Lipinski definition) is 3. The van der Waals surface area contributed by atoms with Crippen LogP contribution in [0, 0.1) is 0 Å². The third-order valence-electron chi connectivity index (χ3n) is 3.33. The number of amides is 1. The van der Waals surface area contributed by atoms with E-state index in [1.54, 1.807) is 19.6 Å². The maximum atomic E-state index is 11.9. The number of furan rings is 1. The number of carbonyl (C=O) groups is 1. The van der Waals surface area contributed by atoms with Gasteiger partial charge in [-0.05, 0) is 49.1 Å². The van der Waals surface area contributed by atoms with Gasteiger partial charge in [0.2, 0.25) is 5.91 Å². The molecule has 0 bridgehead atoms. The van der Waals surface area contributed by atoms with Crippen LogP contribution in [-0.4, -0.2) is 19.1 Å². The first-order valence-electron chi connectivity index (χ1n) is 7.10. The zero-order valence-corrected chi connectivity index (χ0v) is 12.5. The highest BCUT2D eigenvalue weighted by Gasteiger charge is 2.09. The standard InChI is InChI=1S/C17H21NO3/c1-13(11-15-9-10-21-12-15)18-17(19)8-5-14-3-6-16(20-2)7-4-14/h3-4,6-7,9-10,12-13H,5,8,11H2,1-2H3,(H,18,19). The predicted molar refractivity (Wildman–Crippen MR) is 81.3 cm³/mol. The highest BCUT2D eigenvalue weighted by Crippen LogP contribution is 2.12. The van der Waals surface area contributed by atoms with E-state index in [1.165, 1.54) is 0 Å². The Kier molecular flexibility index (Phi) is 5.43. The van der Waals surface area contributed by atoms with Gasteiger partial charge in [0, 0.05) is 12.5 Å². The highest BCUT2D eigenvalue weighted by molar-refractivity contribution is 5.76. The van der Waals surface area contributed by atoms with Gasteiger partial charge in [0.05, 0.1) is 19.6 Å². The van der Waals surface area contributed by atoms with Crippen LogP contribution in [0.5, 0.6) is 5.75 Å². The summed E-state index contributed by atoms with van der Waals surface area (Å²) in [6.07, 6.45) is 5.36. The summed E-state index contributed by atoms with van der Waals surface area (Å²) >= 11 is 0. The summed E-state index contributed by atoms with van der Waals surface area (Å²) in [5.41, 5.74) is 2.23. The summed E-state index contributed by atoms with van der Waals surface area (Å²) < 4.78 is 10.1. The first-order chi connectivity index (χ1) is 10.2. The molecule has 4 nitrogen and oxygen atoms in total. The molecule has 1 atom stereocenters. The molecule has 0 aliphatic carbocycles. The number of hydrogen-bond donors (Lipinski definition) is 1. The first kappa shape index (κ1) is 15.2. The van der Waals surface area contributed by atoms with Crippen LogP contribution in [0.3, 0.4) is 0 Å². The quantitative estimate of drug-likeness (QED) is 0.851. The van der Waals surface area contributed by atoms with E-state index in [-0.39, 0.29) is 11.9 Å². The van der Waals surface area contributed by atoms with E-state index >= 15 is 0 Å². The molecule has 112 valence electrons. The Morgan fingerprint density at radius 1 is 1.24 bits per heavy atom. The number of carbonyl (C=O) groups excluding carboxylic acids is 1. The van der Waals surface area contributed by atoms with Crippen LogP contribution >= 0.6 is 0 Å². The molecule has 1 N–H and O–H groups in total. The number of nitrogens with one attached hydrogen (secondary N) is 1. The lowest BCUT2D eigenvalue weighted by Gasteiger charge is -2.13. The minimum Gasteiger partial charge on any atom is -0.497 e. The van der Waals surface area contributed by atoms with Gasteiger partial charge in [0.15, 0.2) is 0 Å². The maximum Gasteiger partial charge on any atom is 0.220 e. The van der Waals surface area contributed by atoms with Gasteiger partial charge in [0.1, 0.15) is 5.75 Å².